The van der Waals surface area contributed by atoms with Gasteiger partial charge in [-0.15, -0.1) is 0 Å². The largest absolute Gasteiger partial charge is 0.386 e. The number of imidazole rings is 1. The fraction of sp³-hybridized carbons (Fsp3) is 0.500. The smallest absolute Gasteiger partial charge is 0.325 e. The van der Waals surface area contributed by atoms with Crippen molar-refractivity contribution >= 4 is 51.4 Å². The van der Waals surface area contributed by atoms with Crippen LogP contribution in [-0.4, -0.2) is 54.4 Å². The van der Waals surface area contributed by atoms with Crippen molar-refractivity contribution in [3.63, 3.8) is 0 Å². The number of ether oxygens (including phenoxy) is 1. The predicted octanol–water partition coefficient (Wildman–Crippen LogP) is 0.0615. The third kappa shape index (κ3) is 2.50. The van der Waals surface area contributed by atoms with Crippen LogP contribution in [0.2, 0.25) is 0 Å². The van der Waals surface area contributed by atoms with E-state index in [2.05, 4.69) is 30.9 Å². The summed E-state index contributed by atoms with van der Waals surface area (Å²) in [6.07, 6.45) is -2.02. The number of aliphatic hydroxyl groups excluding tert-OH is 1. The third-order valence-corrected chi connectivity index (χ3v) is 5.80. The van der Waals surface area contributed by atoms with Gasteiger partial charge in [-0.1, -0.05) is 0 Å². The molecule has 1 unspecified atom stereocenters. The summed E-state index contributed by atoms with van der Waals surface area (Å²) in [6, 6.07) is 0. The molecular formula is C10H11BrN5O5PS. The van der Waals surface area contributed by atoms with Gasteiger partial charge in [-0.05, 0) is 27.7 Å². The Hall–Kier alpha value is -0.720. The summed E-state index contributed by atoms with van der Waals surface area (Å²) >= 11 is 8.13. The predicted molar refractivity (Wildman–Crippen MR) is 84.7 cm³/mol. The molecule has 0 radical (unpaired) electrons. The Labute approximate surface area is 143 Å². The molecular weight excluding hydrogens is 413 g/mol. The fourth-order valence-electron chi connectivity index (χ4n) is 2.67. The molecule has 2 fully saturated rings. The topological polar surface area (TPSA) is 138 Å². The molecule has 2 aliphatic heterocycles. The van der Waals surface area contributed by atoms with Gasteiger partial charge in [0, 0.05) is 0 Å². The molecule has 23 heavy (non-hydrogen) atoms. The van der Waals surface area contributed by atoms with E-state index in [0.717, 1.165) is 0 Å². The Bertz CT molecular complexity index is 835. The zero-order valence-corrected chi connectivity index (χ0v) is 14.6. The minimum atomic E-state index is -3.35. The summed E-state index contributed by atoms with van der Waals surface area (Å²) in [7, 11) is 0. The molecule has 10 nitrogen and oxygen atoms in total. The molecule has 2 saturated heterocycles. The molecule has 0 aliphatic carbocycles. The molecule has 124 valence electrons. The van der Waals surface area contributed by atoms with E-state index in [1.54, 1.807) is 4.57 Å². The Balaban J connectivity index is 1.76. The second kappa shape index (κ2) is 5.39. The first-order valence-corrected chi connectivity index (χ1v) is 9.89. The van der Waals surface area contributed by atoms with Crippen molar-refractivity contribution < 1.29 is 23.8 Å². The van der Waals surface area contributed by atoms with E-state index in [-0.39, 0.29) is 12.4 Å². The van der Waals surface area contributed by atoms with Crippen molar-refractivity contribution in [3.05, 3.63) is 11.1 Å². The number of halogens is 1. The van der Waals surface area contributed by atoms with Gasteiger partial charge in [0.15, 0.2) is 27.9 Å². The summed E-state index contributed by atoms with van der Waals surface area (Å²) in [5, 5.41) is 10.6. The zero-order chi connectivity index (χ0) is 16.4. The lowest BCUT2D eigenvalue weighted by Gasteiger charge is -2.30. The molecule has 4 N–H and O–H groups in total. The highest BCUT2D eigenvalue weighted by Crippen LogP contribution is 2.53. The molecule has 4 rings (SSSR count). The number of rotatable bonds is 1. The monoisotopic (exact) mass is 423 g/mol. The number of nitrogen functional groups attached to an aromatic ring is 1. The SMILES string of the molecule is Nc1ncnc2c1nc(Br)n2[C@@H]1O[C@@H]2COP(O)(=S)O[C@H]2[C@H]1O. The van der Waals surface area contributed by atoms with Crippen molar-refractivity contribution in [2.45, 2.75) is 24.5 Å². The zero-order valence-electron chi connectivity index (χ0n) is 11.3. The third-order valence-electron chi connectivity index (χ3n) is 3.68. The first kappa shape index (κ1) is 15.8. The van der Waals surface area contributed by atoms with Crippen LogP contribution < -0.4 is 5.73 Å². The number of anilines is 1. The number of hydrogen-bond acceptors (Lipinski definition) is 9. The van der Waals surface area contributed by atoms with Crippen LogP contribution in [0.5, 0.6) is 0 Å². The minimum Gasteiger partial charge on any atom is -0.386 e. The van der Waals surface area contributed by atoms with Crippen LogP contribution >= 0.6 is 22.6 Å². The van der Waals surface area contributed by atoms with E-state index < -0.39 is 31.3 Å². The van der Waals surface area contributed by atoms with Crippen molar-refractivity contribution in [2.75, 3.05) is 12.3 Å². The highest BCUT2D eigenvalue weighted by atomic mass is 79.9. The Morgan fingerprint density at radius 2 is 2.26 bits per heavy atom. The van der Waals surface area contributed by atoms with Gasteiger partial charge in [-0.3, -0.25) is 9.09 Å². The van der Waals surface area contributed by atoms with Crippen molar-refractivity contribution in [2.24, 2.45) is 0 Å². The summed E-state index contributed by atoms with van der Waals surface area (Å²) in [4.78, 5) is 22.0. The Morgan fingerprint density at radius 3 is 3.04 bits per heavy atom. The number of fused-ring (bicyclic) bond motifs is 2. The molecule has 2 aliphatic rings. The normalized spacial score (nSPS) is 37.2. The van der Waals surface area contributed by atoms with E-state index in [1.807, 2.05) is 0 Å². The van der Waals surface area contributed by atoms with Crippen LogP contribution in [-0.2, 0) is 25.6 Å². The van der Waals surface area contributed by atoms with Gasteiger partial charge in [0.2, 0.25) is 0 Å². The van der Waals surface area contributed by atoms with E-state index in [1.165, 1.54) is 6.33 Å². The van der Waals surface area contributed by atoms with Crippen LogP contribution in [0.3, 0.4) is 0 Å². The lowest BCUT2D eigenvalue weighted by Crippen LogP contribution is -2.39. The molecule has 0 aromatic carbocycles. The number of hydrogen-bond donors (Lipinski definition) is 3. The van der Waals surface area contributed by atoms with Crippen LogP contribution in [0.25, 0.3) is 11.2 Å². The van der Waals surface area contributed by atoms with Crippen LogP contribution in [0.15, 0.2) is 11.1 Å². The summed E-state index contributed by atoms with van der Waals surface area (Å²) < 4.78 is 18.1. The average molecular weight is 424 g/mol. The van der Waals surface area contributed by atoms with Gasteiger partial charge >= 0.3 is 6.72 Å². The van der Waals surface area contributed by atoms with Crippen LogP contribution in [0, 0.1) is 0 Å². The van der Waals surface area contributed by atoms with Gasteiger partial charge in [-0.2, -0.15) is 0 Å². The van der Waals surface area contributed by atoms with E-state index in [0.29, 0.717) is 15.9 Å². The quantitative estimate of drug-likeness (QED) is 0.426. The summed E-state index contributed by atoms with van der Waals surface area (Å²) in [6.45, 7) is -3.32. The Morgan fingerprint density at radius 1 is 1.48 bits per heavy atom. The average Bonchev–Trinajstić information content (AvgIpc) is 2.97. The molecule has 2 aromatic rings. The van der Waals surface area contributed by atoms with E-state index in [9.17, 15) is 10.00 Å². The van der Waals surface area contributed by atoms with E-state index in [4.69, 9.17) is 31.3 Å². The van der Waals surface area contributed by atoms with Crippen molar-refractivity contribution in [3.8, 4) is 0 Å². The van der Waals surface area contributed by atoms with Crippen LogP contribution in [0.4, 0.5) is 5.82 Å². The molecule has 4 heterocycles. The van der Waals surface area contributed by atoms with Crippen LogP contribution in [0.1, 0.15) is 6.23 Å². The molecule has 0 spiro atoms. The maximum Gasteiger partial charge on any atom is 0.325 e. The number of nitrogens with two attached hydrogens (primary N) is 1. The molecule has 0 saturated carbocycles. The molecule has 5 atom stereocenters. The van der Waals surface area contributed by atoms with Gasteiger partial charge < -0.3 is 25.0 Å². The maximum atomic E-state index is 10.6. The highest BCUT2D eigenvalue weighted by Gasteiger charge is 2.51. The number of aliphatic hydroxyl groups is 1. The van der Waals surface area contributed by atoms with Gasteiger partial charge in [0.25, 0.3) is 0 Å². The first-order valence-electron chi connectivity index (χ1n) is 6.50. The highest BCUT2D eigenvalue weighted by molar-refractivity contribution is 9.10. The van der Waals surface area contributed by atoms with Crippen molar-refractivity contribution in [1.29, 1.82) is 0 Å². The molecule has 13 heteroatoms. The fourth-order valence-corrected chi connectivity index (χ4v) is 4.67. The lowest BCUT2D eigenvalue weighted by atomic mass is 10.1. The second-order valence-corrected chi connectivity index (χ2v) is 8.57. The first-order chi connectivity index (χ1) is 10.9. The molecule has 2 aromatic heterocycles. The minimum absolute atomic E-state index is 0.0351. The standard InChI is InChI=1S/C10H11BrN5O5PS/c11-10-15-4-7(12)13-2-14-8(4)16(10)9-5(17)6-3(20-9)1-19-22(18,23)21-6/h2-3,5-6,9,17H,1H2,(H,18,23)(H2,12,13,14)/t3-,5-,6-,9-,22?/m1/s1. The van der Waals surface area contributed by atoms with Gasteiger partial charge in [0.05, 0.1) is 6.61 Å². The Kier molecular flexibility index (Phi) is 3.70. The summed E-state index contributed by atoms with van der Waals surface area (Å²) in [5.74, 6) is 0.213. The number of nitrogens with zero attached hydrogens (tertiary/aromatic N) is 4. The van der Waals surface area contributed by atoms with Gasteiger partial charge in [0.1, 0.15) is 24.6 Å². The molecule has 0 amide bonds. The maximum absolute atomic E-state index is 10.6. The molecule has 0 bridgehead atoms. The van der Waals surface area contributed by atoms with E-state index >= 15 is 0 Å². The van der Waals surface area contributed by atoms with Crippen molar-refractivity contribution in [1.82, 2.24) is 19.5 Å². The number of aromatic nitrogens is 4. The second-order valence-electron chi connectivity index (χ2n) is 5.07. The van der Waals surface area contributed by atoms with Gasteiger partial charge in [-0.25, -0.2) is 15.0 Å². The summed E-state index contributed by atoms with van der Waals surface area (Å²) in [5.41, 5.74) is 6.57. The lowest BCUT2D eigenvalue weighted by molar-refractivity contribution is -0.0600.